The number of rotatable bonds is 10. The van der Waals surface area contributed by atoms with Gasteiger partial charge in [-0.2, -0.15) is 5.10 Å². The summed E-state index contributed by atoms with van der Waals surface area (Å²) in [5.41, 5.74) is 4.67. The van der Waals surface area contributed by atoms with Crippen LogP contribution in [-0.4, -0.2) is 22.4 Å². The SMILES string of the molecule is CCCCCCC(=O)Nc1ccc(C(=O)NN=C(C)c2ccc([N+](=O)[O-])cc2)cc1. The van der Waals surface area contributed by atoms with E-state index in [1.54, 1.807) is 43.3 Å². The molecule has 2 rings (SSSR count). The van der Waals surface area contributed by atoms with Crippen molar-refractivity contribution in [3.05, 3.63) is 69.8 Å². The lowest BCUT2D eigenvalue weighted by Gasteiger charge is -2.07. The highest BCUT2D eigenvalue weighted by atomic mass is 16.6. The Kier molecular flexibility index (Phi) is 8.68. The molecule has 8 heteroatoms. The quantitative estimate of drug-likeness (QED) is 0.257. The van der Waals surface area contributed by atoms with Crippen LogP contribution in [0.4, 0.5) is 11.4 Å². The van der Waals surface area contributed by atoms with E-state index in [0.29, 0.717) is 28.9 Å². The second-order valence-corrected chi connectivity index (χ2v) is 6.88. The minimum absolute atomic E-state index is 0.0104. The van der Waals surface area contributed by atoms with Crippen LogP contribution in [0.2, 0.25) is 0 Å². The van der Waals surface area contributed by atoms with Crippen molar-refractivity contribution < 1.29 is 14.5 Å². The van der Waals surface area contributed by atoms with Gasteiger partial charge in [-0.05, 0) is 55.3 Å². The lowest BCUT2D eigenvalue weighted by Crippen LogP contribution is -2.19. The maximum absolute atomic E-state index is 12.3. The standard InChI is InChI=1S/C22H26N4O4/c1-3-4-5-6-7-21(27)23-19-12-8-18(9-13-19)22(28)25-24-16(2)17-10-14-20(15-11-17)26(29)30/h8-15H,3-7H2,1-2H3,(H,23,27)(H,25,28). The van der Waals surface area contributed by atoms with Gasteiger partial charge in [-0.25, -0.2) is 5.43 Å². The highest BCUT2D eigenvalue weighted by Gasteiger charge is 2.08. The van der Waals surface area contributed by atoms with Crippen molar-refractivity contribution in [2.75, 3.05) is 5.32 Å². The average Bonchev–Trinajstić information content (AvgIpc) is 2.75. The number of anilines is 1. The lowest BCUT2D eigenvalue weighted by molar-refractivity contribution is -0.384. The van der Waals surface area contributed by atoms with Crippen LogP contribution in [-0.2, 0) is 4.79 Å². The molecule has 0 fully saturated rings. The number of nitro groups is 1. The summed E-state index contributed by atoms with van der Waals surface area (Å²) in [4.78, 5) is 34.4. The maximum atomic E-state index is 12.3. The topological polar surface area (TPSA) is 114 Å². The second kappa shape index (κ2) is 11.5. The predicted molar refractivity (Wildman–Crippen MR) is 117 cm³/mol. The molecule has 30 heavy (non-hydrogen) atoms. The molecule has 0 unspecified atom stereocenters. The van der Waals surface area contributed by atoms with E-state index in [2.05, 4.69) is 22.8 Å². The Morgan fingerprint density at radius 3 is 2.20 bits per heavy atom. The number of nitro benzene ring substituents is 1. The average molecular weight is 410 g/mol. The fourth-order valence-electron chi connectivity index (χ4n) is 2.73. The van der Waals surface area contributed by atoms with Gasteiger partial charge >= 0.3 is 0 Å². The summed E-state index contributed by atoms with van der Waals surface area (Å²) in [5.74, 6) is -0.430. The minimum Gasteiger partial charge on any atom is -0.326 e. The number of unbranched alkanes of at least 4 members (excludes halogenated alkanes) is 3. The number of carbonyl (C=O) groups is 2. The predicted octanol–water partition coefficient (Wildman–Crippen LogP) is 4.66. The summed E-state index contributed by atoms with van der Waals surface area (Å²) >= 11 is 0. The van der Waals surface area contributed by atoms with Gasteiger partial charge in [0.2, 0.25) is 5.91 Å². The first kappa shape index (κ1) is 22.7. The molecule has 0 heterocycles. The van der Waals surface area contributed by atoms with Crippen LogP contribution in [0.25, 0.3) is 0 Å². The van der Waals surface area contributed by atoms with Crippen molar-refractivity contribution in [1.29, 1.82) is 0 Å². The van der Waals surface area contributed by atoms with Crippen molar-refractivity contribution in [1.82, 2.24) is 5.43 Å². The van der Waals surface area contributed by atoms with Crippen LogP contribution >= 0.6 is 0 Å². The van der Waals surface area contributed by atoms with Crippen molar-refractivity contribution in [2.45, 2.75) is 46.0 Å². The van der Waals surface area contributed by atoms with Crippen molar-refractivity contribution in [3.8, 4) is 0 Å². The molecule has 0 aliphatic carbocycles. The number of hydrogen-bond donors (Lipinski definition) is 2. The number of carbonyl (C=O) groups excluding carboxylic acids is 2. The van der Waals surface area contributed by atoms with Gasteiger partial charge in [-0.15, -0.1) is 0 Å². The summed E-state index contributed by atoms with van der Waals surface area (Å²) in [5, 5.41) is 17.6. The molecule has 8 nitrogen and oxygen atoms in total. The summed E-state index contributed by atoms with van der Waals surface area (Å²) < 4.78 is 0. The van der Waals surface area contributed by atoms with E-state index in [1.807, 2.05) is 0 Å². The number of benzene rings is 2. The third kappa shape index (κ3) is 7.12. The fraction of sp³-hybridized carbons (Fsp3) is 0.318. The molecule has 2 aromatic carbocycles. The number of hydrogen-bond acceptors (Lipinski definition) is 5. The van der Waals surface area contributed by atoms with Crippen molar-refractivity contribution in [2.24, 2.45) is 5.10 Å². The summed E-state index contributed by atoms with van der Waals surface area (Å²) in [6.45, 7) is 3.82. The van der Waals surface area contributed by atoms with Crippen LogP contribution in [0.1, 0.15) is 61.9 Å². The first-order chi connectivity index (χ1) is 14.4. The Hall–Kier alpha value is -3.55. The lowest BCUT2D eigenvalue weighted by atomic mass is 10.1. The van der Waals surface area contributed by atoms with E-state index < -0.39 is 10.8 Å². The number of hydrazone groups is 1. The van der Waals surface area contributed by atoms with Crippen LogP contribution in [0, 0.1) is 10.1 Å². The van der Waals surface area contributed by atoms with Gasteiger partial charge in [0.25, 0.3) is 11.6 Å². The Morgan fingerprint density at radius 1 is 0.967 bits per heavy atom. The van der Waals surface area contributed by atoms with Gasteiger partial charge in [-0.1, -0.05) is 26.2 Å². The Bertz CT molecular complexity index is 906. The molecule has 0 spiro atoms. The number of non-ortho nitro benzene ring substituents is 1. The molecule has 0 aliphatic rings. The van der Waals surface area contributed by atoms with Gasteiger partial charge in [0.1, 0.15) is 0 Å². The molecule has 0 aliphatic heterocycles. The molecular weight excluding hydrogens is 384 g/mol. The van der Waals surface area contributed by atoms with Crippen LogP contribution < -0.4 is 10.7 Å². The van der Waals surface area contributed by atoms with E-state index in [0.717, 1.165) is 25.7 Å². The molecule has 0 radical (unpaired) electrons. The number of nitrogens with one attached hydrogen (secondary N) is 2. The normalized spacial score (nSPS) is 11.1. The van der Waals surface area contributed by atoms with E-state index in [4.69, 9.17) is 0 Å². The molecule has 0 atom stereocenters. The molecule has 2 aromatic rings. The maximum Gasteiger partial charge on any atom is 0.271 e. The summed E-state index contributed by atoms with van der Waals surface area (Å²) in [6, 6.07) is 12.5. The molecule has 158 valence electrons. The molecule has 2 N–H and O–H groups in total. The van der Waals surface area contributed by atoms with E-state index >= 15 is 0 Å². The van der Waals surface area contributed by atoms with E-state index in [9.17, 15) is 19.7 Å². The Labute approximate surface area is 175 Å². The first-order valence-corrected chi connectivity index (χ1v) is 9.90. The van der Waals surface area contributed by atoms with E-state index in [1.165, 1.54) is 12.1 Å². The number of nitrogens with zero attached hydrogens (tertiary/aromatic N) is 2. The monoisotopic (exact) mass is 410 g/mol. The first-order valence-electron chi connectivity index (χ1n) is 9.90. The summed E-state index contributed by atoms with van der Waals surface area (Å²) in [6.07, 6.45) is 4.65. The summed E-state index contributed by atoms with van der Waals surface area (Å²) in [7, 11) is 0. The minimum atomic E-state index is -0.476. The van der Waals surface area contributed by atoms with Crippen molar-refractivity contribution >= 4 is 28.9 Å². The van der Waals surface area contributed by atoms with Gasteiger partial charge < -0.3 is 5.32 Å². The van der Waals surface area contributed by atoms with Gasteiger partial charge in [0.15, 0.2) is 0 Å². The van der Waals surface area contributed by atoms with Crippen LogP contribution in [0.3, 0.4) is 0 Å². The Balaban J connectivity index is 1.88. The molecular formula is C22H26N4O4. The smallest absolute Gasteiger partial charge is 0.271 e. The fourth-order valence-corrected chi connectivity index (χ4v) is 2.73. The highest BCUT2D eigenvalue weighted by Crippen LogP contribution is 2.13. The van der Waals surface area contributed by atoms with Gasteiger partial charge in [-0.3, -0.25) is 19.7 Å². The zero-order valence-corrected chi connectivity index (χ0v) is 17.2. The van der Waals surface area contributed by atoms with Crippen molar-refractivity contribution in [3.63, 3.8) is 0 Å². The molecule has 0 saturated carbocycles. The second-order valence-electron chi connectivity index (χ2n) is 6.88. The zero-order chi connectivity index (χ0) is 21.9. The third-order valence-electron chi connectivity index (χ3n) is 4.51. The van der Waals surface area contributed by atoms with Gasteiger partial charge in [0, 0.05) is 29.8 Å². The van der Waals surface area contributed by atoms with E-state index in [-0.39, 0.29) is 11.6 Å². The number of amides is 2. The highest BCUT2D eigenvalue weighted by molar-refractivity contribution is 6.01. The molecule has 0 aromatic heterocycles. The molecule has 0 saturated heterocycles. The van der Waals surface area contributed by atoms with Crippen LogP contribution in [0.15, 0.2) is 53.6 Å². The zero-order valence-electron chi connectivity index (χ0n) is 17.2. The Morgan fingerprint density at radius 2 is 1.60 bits per heavy atom. The van der Waals surface area contributed by atoms with Gasteiger partial charge in [0.05, 0.1) is 10.6 Å². The largest absolute Gasteiger partial charge is 0.326 e. The molecule has 0 bridgehead atoms. The molecule has 2 amide bonds. The third-order valence-corrected chi connectivity index (χ3v) is 4.51. The van der Waals surface area contributed by atoms with Crippen LogP contribution in [0.5, 0.6) is 0 Å².